The minimum absolute atomic E-state index is 0.220. The van der Waals surface area contributed by atoms with E-state index in [9.17, 15) is 22.0 Å². The molecule has 2 aliphatic carbocycles. The van der Waals surface area contributed by atoms with Crippen molar-refractivity contribution in [1.82, 2.24) is 0 Å². The van der Waals surface area contributed by atoms with Crippen LogP contribution in [-0.2, 0) is 27.2 Å². The summed E-state index contributed by atoms with van der Waals surface area (Å²) < 4.78 is 59.3. The number of nitrogens with zero attached hydrogens (tertiary/aromatic N) is 1. The van der Waals surface area contributed by atoms with Gasteiger partial charge in [0.05, 0.1) is 29.1 Å². The molecule has 8 nitrogen and oxygen atoms in total. The maximum absolute atomic E-state index is 13.9. The molecule has 0 bridgehead atoms. The third-order valence-corrected chi connectivity index (χ3v) is 9.30. The largest absolute Gasteiger partial charge is 0.371 e. The summed E-state index contributed by atoms with van der Waals surface area (Å²) in [6, 6.07) is 10.3. The molecule has 2 aliphatic heterocycles. The Morgan fingerprint density at radius 3 is 2.26 bits per heavy atom. The van der Waals surface area contributed by atoms with Gasteiger partial charge in [0, 0.05) is 31.6 Å². The topological polar surface area (TPSA) is 114 Å². The molecular formula is C27H32F2N4O4S. The van der Waals surface area contributed by atoms with E-state index in [2.05, 4.69) is 14.9 Å². The van der Waals surface area contributed by atoms with Gasteiger partial charge in [-0.05, 0) is 85.4 Å². The van der Waals surface area contributed by atoms with E-state index in [0.29, 0.717) is 29.0 Å². The highest BCUT2D eigenvalue weighted by molar-refractivity contribution is 7.90. The molecule has 4 aliphatic rings. The van der Waals surface area contributed by atoms with Gasteiger partial charge in [0.2, 0.25) is 5.92 Å². The number of rotatable bonds is 5. The van der Waals surface area contributed by atoms with Crippen LogP contribution in [0, 0.1) is 5.41 Å². The zero-order valence-corrected chi connectivity index (χ0v) is 21.9. The highest BCUT2D eigenvalue weighted by Crippen LogP contribution is 2.54. The number of halogens is 2. The molecule has 0 aromatic heterocycles. The Kier molecular flexibility index (Phi) is 5.97. The number of hydrogen-bond acceptors (Lipinski definition) is 5. The fraction of sp³-hybridized carbons (Fsp3) is 0.519. The first-order chi connectivity index (χ1) is 18.0. The van der Waals surface area contributed by atoms with E-state index in [1.54, 1.807) is 18.2 Å². The number of ether oxygens (including phenoxy) is 1. The van der Waals surface area contributed by atoms with Crippen molar-refractivity contribution in [3.8, 4) is 0 Å². The lowest BCUT2D eigenvalue weighted by Crippen LogP contribution is -2.36. The van der Waals surface area contributed by atoms with Crippen LogP contribution in [0.4, 0.5) is 25.8 Å². The van der Waals surface area contributed by atoms with E-state index in [-0.39, 0.29) is 37.3 Å². The maximum Gasteiger partial charge on any atom is 0.296 e. The first-order valence-electron chi connectivity index (χ1n) is 13.1. The first kappa shape index (κ1) is 25.5. The molecule has 0 unspecified atom stereocenters. The Balaban J connectivity index is 1.26. The van der Waals surface area contributed by atoms with Gasteiger partial charge in [-0.3, -0.25) is 9.52 Å². The fourth-order valence-electron chi connectivity index (χ4n) is 6.24. The summed E-state index contributed by atoms with van der Waals surface area (Å²) in [6.07, 6.45) is 4.59. The van der Waals surface area contributed by atoms with Crippen molar-refractivity contribution in [2.75, 3.05) is 28.0 Å². The predicted octanol–water partition coefficient (Wildman–Crippen LogP) is 4.87. The Bertz CT molecular complexity index is 1370. The Morgan fingerprint density at radius 1 is 0.921 bits per heavy atom. The van der Waals surface area contributed by atoms with Crippen molar-refractivity contribution in [2.24, 2.45) is 10.6 Å². The van der Waals surface area contributed by atoms with Crippen molar-refractivity contribution in [3.63, 3.8) is 0 Å². The normalized spacial score (nSPS) is 22.8. The highest BCUT2D eigenvalue weighted by atomic mass is 32.2. The molecule has 3 fully saturated rings. The molecule has 0 radical (unpaired) electrons. The number of carbonyl (C=O) groups is 1. The number of carbonyl (C=O) groups excluding carboxylic acids is 1. The zero-order valence-electron chi connectivity index (χ0n) is 21.1. The number of piperidine rings is 1. The molecule has 2 aromatic rings. The number of benzene rings is 2. The molecule has 1 saturated heterocycles. The molecule has 1 amide bonds. The predicted molar refractivity (Wildman–Crippen MR) is 141 cm³/mol. The second-order valence-corrected chi connectivity index (χ2v) is 12.6. The summed E-state index contributed by atoms with van der Waals surface area (Å²) in [5, 5.41) is 8.14. The molecule has 2 heterocycles. The van der Waals surface area contributed by atoms with Crippen LogP contribution in [-0.4, -0.2) is 33.3 Å². The Labute approximate surface area is 221 Å². The van der Waals surface area contributed by atoms with Gasteiger partial charge in [-0.15, -0.1) is 0 Å². The van der Waals surface area contributed by atoms with Gasteiger partial charge in [0.15, 0.2) is 0 Å². The third kappa shape index (κ3) is 4.99. The average molecular weight is 547 g/mol. The van der Waals surface area contributed by atoms with E-state index in [4.69, 9.17) is 9.88 Å². The van der Waals surface area contributed by atoms with E-state index in [1.165, 1.54) is 18.9 Å². The van der Waals surface area contributed by atoms with Crippen LogP contribution in [0.5, 0.6) is 0 Å². The van der Waals surface area contributed by atoms with Crippen LogP contribution in [0.1, 0.15) is 72.9 Å². The molecule has 0 atom stereocenters. The van der Waals surface area contributed by atoms with Gasteiger partial charge in [0.1, 0.15) is 0 Å². The lowest BCUT2D eigenvalue weighted by Gasteiger charge is -2.37. The van der Waals surface area contributed by atoms with Crippen molar-refractivity contribution in [3.05, 3.63) is 53.1 Å². The maximum atomic E-state index is 13.9. The summed E-state index contributed by atoms with van der Waals surface area (Å²) in [7, 11) is -3.97. The Morgan fingerprint density at radius 2 is 1.61 bits per heavy atom. The van der Waals surface area contributed by atoms with Crippen LogP contribution < -0.4 is 20.1 Å². The van der Waals surface area contributed by atoms with Crippen molar-refractivity contribution < 1.29 is 26.7 Å². The van der Waals surface area contributed by atoms with Crippen molar-refractivity contribution in [1.29, 1.82) is 0 Å². The standard InChI is InChI=1S/C27H32F2N4O4S/c28-27(29)9-7-26(8-10-27)22-15-19(2-1-18(22)17-37-26)31-24(34)21-4-3-20(32-38(30,35)36)16-23(21)33-13-11-25(5-6-25)12-14-33/h1-4,15-16,32H,5-14,17H2,(H,31,34)(H2,30,35,36). The molecule has 2 spiro atoms. The minimum Gasteiger partial charge on any atom is -0.371 e. The van der Waals surface area contributed by atoms with Gasteiger partial charge in [-0.25, -0.2) is 13.9 Å². The number of amides is 1. The lowest BCUT2D eigenvalue weighted by molar-refractivity contribution is -0.130. The average Bonchev–Trinajstić information content (AvgIpc) is 3.52. The van der Waals surface area contributed by atoms with Gasteiger partial charge in [-0.2, -0.15) is 8.42 Å². The SMILES string of the molecule is NS(=O)(=O)Nc1ccc(C(=O)Nc2ccc3c(c2)C2(CCC(F)(F)CC2)OC3)c(N2CCC3(CC2)CC3)c1. The monoisotopic (exact) mass is 546 g/mol. The van der Waals surface area contributed by atoms with E-state index in [1.807, 2.05) is 12.1 Å². The zero-order chi connectivity index (χ0) is 26.8. The number of fused-ring (bicyclic) bond motifs is 2. The van der Waals surface area contributed by atoms with Crippen LogP contribution in [0.15, 0.2) is 36.4 Å². The van der Waals surface area contributed by atoms with Crippen molar-refractivity contribution >= 4 is 33.2 Å². The summed E-state index contributed by atoms with van der Waals surface area (Å²) in [5.41, 5.74) is 3.42. The second kappa shape index (κ2) is 8.89. The van der Waals surface area contributed by atoms with Gasteiger partial charge in [-0.1, -0.05) is 6.07 Å². The number of hydrogen-bond donors (Lipinski definition) is 3. The summed E-state index contributed by atoms with van der Waals surface area (Å²) in [6.45, 7) is 1.93. The van der Waals surface area contributed by atoms with Crippen molar-refractivity contribution in [2.45, 2.75) is 69.5 Å². The van der Waals surface area contributed by atoms with E-state index < -0.39 is 21.7 Å². The van der Waals surface area contributed by atoms with Gasteiger partial charge in [0.25, 0.3) is 16.1 Å². The number of alkyl halides is 2. The second-order valence-electron chi connectivity index (χ2n) is 11.3. The Hall–Kier alpha value is -2.76. The van der Waals surface area contributed by atoms with Gasteiger partial charge >= 0.3 is 0 Å². The van der Waals surface area contributed by atoms with Crippen LogP contribution in [0.25, 0.3) is 0 Å². The smallest absolute Gasteiger partial charge is 0.296 e. The van der Waals surface area contributed by atoms with Crippen LogP contribution >= 0.6 is 0 Å². The lowest BCUT2D eigenvalue weighted by atomic mass is 9.77. The number of nitrogens with two attached hydrogens (primary N) is 1. The molecular weight excluding hydrogens is 514 g/mol. The molecule has 204 valence electrons. The number of anilines is 3. The molecule has 2 saturated carbocycles. The van der Waals surface area contributed by atoms with E-state index in [0.717, 1.165) is 37.1 Å². The van der Waals surface area contributed by atoms with E-state index >= 15 is 0 Å². The summed E-state index contributed by atoms with van der Waals surface area (Å²) >= 11 is 0. The summed E-state index contributed by atoms with van der Waals surface area (Å²) in [5.74, 6) is -3.01. The van der Waals surface area contributed by atoms with Crippen LogP contribution in [0.2, 0.25) is 0 Å². The highest BCUT2D eigenvalue weighted by Gasteiger charge is 2.48. The first-order valence-corrected chi connectivity index (χ1v) is 14.7. The molecule has 11 heteroatoms. The van der Waals surface area contributed by atoms with Crippen LogP contribution in [0.3, 0.4) is 0 Å². The quantitative estimate of drug-likeness (QED) is 0.495. The number of nitrogens with one attached hydrogen (secondary N) is 2. The molecule has 2 aromatic carbocycles. The summed E-state index contributed by atoms with van der Waals surface area (Å²) in [4.78, 5) is 15.7. The minimum atomic E-state index is -3.97. The molecule has 38 heavy (non-hydrogen) atoms. The molecule has 6 rings (SSSR count). The molecule has 4 N–H and O–H groups in total. The fourth-order valence-corrected chi connectivity index (χ4v) is 6.70. The van der Waals surface area contributed by atoms with Gasteiger partial charge < -0.3 is 15.0 Å². The third-order valence-electron chi connectivity index (χ3n) is 8.78.